The summed E-state index contributed by atoms with van der Waals surface area (Å²) in [5.41, 5.74) is 2.73. The molecule has 0 saturated carbocycles. The standard InChI is InChI=1S/C22H20BrNO2/c1-26-20-13-7-16(8-14-20)21(24-19-11-9-18(23)10-12-19)15-22(25)17-5-3-2-4-6-17/h2-14,21,24H,15H2,1H3/t21-/m1/s1. The maximum atomic E-state index is 12.7. The van der Waals surface area contributed by atoms with Crippen molar-refractivity contribution in [3.8, 4) is 5.75 Å². The average Bonchev–Trinajstić information content (AvgIpc) is 2.70. The second-order valence-corrected chi connectivity index (χ2v) is 6.89. The van der Waals surface area contributed by atoms with Gasteiger partial charge in [-0.25, -0.2) is 0 Å². The van der Waals surface area contributed by atoms with E-state index in [1.807, 2.05) is 78.9 Å². The van der Waals surface area contributed by atoms with E-state index < -0.39 is 0 Å². The highest BCUT2D eigenvalue weighted by Crippen LogP contribution is 2.27. The fraction of sp³-hybridized carbons (Fsp3) is 0.136. The van der Waals surface area contributed by atoms with Crippen LogP contribution in [0.5, 0.6) is 5.75 Å². The van der Waals surface area contributed by atoms with Crippen molar-refractivity contribution in [1.29, 1.82) is 0 Å². The highest BCUT2D eigenvalue weighted by molar-refractivity contribution is 9.10. The first-order chi connectivity index (χ1) is 12.7. The minimum absolute atomic E-state index is 0.107. The van der Waals surface area contributed by atoms with E-state index in [1.165, 1.54) is 0 Å². The number of Topliss-reactive ketones (excluding diaryl/α,β-unsaturated/α-hetero) is 1. The molecule has 1 N–H and O–H groups in total. The van der Waals surface area contributed by atoms with Gasteiger partial charge in [0.1, 0.15) is 5.75 Å². The van der Waals surface area contributed by atoms with E-state index in [2.05, 4.69) is 21.2 Å². The predicted octanol–water partition coefficient (Wildman–Crippen LogP) is 5.88. The lowest BCUT2D eigenvalue weighted by atomic mass is 9.97. The van der Waals surface area contributed by atoms with Gasteiger partial charge in [-0.1, -0.05) is 58.4 Å². The van der Waals surface area contributed by atoms with Gasteiger partial charge < -0.3 is 10.1 Å². The SMILES string of the molecule is COc1ccc([C@@H](CC(=O)c2ccccc2)Nc2ccc(Br)cc2)cc1. The molecule has 4 heteroatoms. The van der Waals surface area contributed by atoms with Gasteiger partial charge in [-0.2, -0.15) is 0 Å². The second-order valence-electron chi connectivity index (χ2n) is 5.97. The van der Waals surface area contributed by atoms with Crippen LogP contribution in [0.3, 0.4) is 0 Å². The number of ether oxygens (including phenoxy) is 1. The van der Waals surface area contributed by atoms with Crippen LogP contribution in [0.4, 0.5) is 5.69 Å². The Morgan fingerprint density at radius 1 is 0.962 bits per heavy atom. The third-order valence-corrected chi connectivity index (χ3v) is 4.72. The molecule has 3 nitrogen and oxygen atoms in total. The summed E-state index contributed by atoms with van der Waals surface area (Å²) < 4.78 is 6.26. The van der Waals surface area contributed by atoms with Crippen molar-refractivity contribution in [3.63, 3.8) is 0 Å². The Hall–Kier alpha value is -2.59. The summed E-state index contributed by atoms with van der Waals surface area (Å²) in [5, 5.41) is 3.48. The average molecular weight is 410 g/mol. The number of anilines is 1. The van der Waals surface area contributed by atoms with Crippen molar-refractivity contribution in [3.05, 3.63) is 94.5 Å². The summed E-state index contributed by atoms with van der Waals surface area (Å²) in [4.78, 5) is 12.7. The number of ketones is 1. The predicted molar refractivity (Wildman–Crippen MR) is 109 cm³/mol. The van der Waals surface area contributed by atoms with Crippen molar-refractivity contribution in [2.45, 2.75) is 12.5 Å². The number of benzene rings is 3. The number of carbonyl (C=O) groups is 1. The van der Waals surface area contributed by atoms with Gasteiger partial charge in [0.25, 0.3) is 0 Å². The number of hydrogen-bond donors (Lipinski definition) is 1. The fourth-order valence-electron chi connectivity index (χ4n) is 2.76. The summed E-state index contributed by atoms with van der Waals surface area (Å²) in [6, 6.07) is 25.0. The third kappa shape index (κ3) is 4.73. The Bertz CT molecular complexity index is 846. The quantitative estimate of drug-likeness (QED) is 0.494. The maximum absolute atomic E-state index is 12.7. The van der Waals surface area contributed by atoms with E-state index in [9.17, 15) is 4.79 Å². The molecule has 132 valence electrons. The zero-order valence-corrected chi connectivity index (χ0v) is 16.1. The normalized spacial score (nSPS) is 11.6. The number of hydrogen-bond acceptors (Lipinski definition) is 3. The molecule has 26 heavy (non-hydrogen) atoms. The molecular weight excluding hydrogens is 390 g/mol. The lowest BCUT2D eigenvalue weighted by Gasteiger charge is -2.20. The van der Waals surface area contributed by atoms with Crippen LogP contribution in [0.2, 0.25) is 0 Å². The molecule has 0 bridgehead atoms. The smallest absolute Gasteiger partial charge is 0.165 e. The minimum Gasteiger partial charge on any atom is -0.497 e. The van der Waals surface area contributed by atoms with Gasteiger partial charge >= 0.3 is 0 Å². The molecule has 0 aliphatic rings. The molecule has 3 aromatic rings. The van der Waals surface area contributed by atoms with E-state index in [0.717, 1.165) is 27.0 Å². The Morgan fingerprint density at radius 3 is 2.23 bits per heavy atom. The lowest BCUT2D eigenvalue weighted by Crippen LogP contribution is -2.15. The number of halogens is 1. The molecule has 0 fully saturated rings. The van der Waals surface area contributed by atoms with Crippen molar-refractivity contribution >= 4 is 27.4 Å². The molecule has 0 aliphatic heterocycles. The van der Waals surface area contributed by atoms with E-state index in [-0.39, 0.29) is 11.8 Å². The highest BCUT2D eigenvalue weighted by atomic mass is 79.9. The molecule has 0 aliphatic carbocycles. The van der Waals surface area contributed by atoms with E-state index in [1.54, 1.807) is 7.11 Å². The highest BCUT2D eigenvalue weighted by Gasteiger charge is 2.17. The zero-order valence-electron chi connectivity index (χ0n) is 14.5. The zero-order chi connectivity index (χ0) is 18.4. The summed E-state index contributed by atoms with van der Waals surface area (Å²) in [6.45, 7) is 0. The first-order valence-corrected chi connectivity index (χ1v) is 9.19. The summed E-state index contributed by atoms with van der Waals surface area (Å²) in [6.07, 6.45) is 0.367. The topological polar surface area (TPSA) is 38.3 Å². The molecule has 3 rings (SSSR count). The first kappa shape index (κ1) is 18.2. The summed E-state index contributed by atoms with van der Waals surface area (Å²) in [5.74, 6) is 0.904. The number of rotatable bonds is 7. The van der Waals surface area contributed by atoms with Crippen LogP contribution in [0.1, 0.15) is 28.4 Å². The van der Waals surface area contributed by atoms with Crippen LogP contribution >= 0.6 is 15.9 Å². The van der Waals surface area contributed by atoms with Gasteiger partial charge in [0.2, 0.25) is 0 Å². The molecule has 1 atom stereocenters. The van der Waals surface area contributed by atoms with E-state index >= 15 is 0 Å². The fourth-order valence-corrected chi connectivity index (χ4v) is 3.03. The largest absolute Gasteiger partial charge is 0.497 e. The van der Waals surface area contributed by atoms with Crippen LogP contribution in [0, 0.1) is 0 Å². The molecule has 0 unspecified atom stereocenters. The van der Waals surface area contributed by atoms with E-state index in [4.69, 9.17) is 4.74 Å². The molecule has 0 aromatic heterocycles. The maximum Gasteiger partial charge on any atom is 0.165 e. The summed E-state index contributed by atoms with van der Waals surface area (Å²) in [7, 11) is 1.64. The second kappa shape index (κ2) is 8.68. The van der Waals surface area contributed by atoms with Crippen molar-refractivity contribution in [2.24, 2.45) is 0 Å². The van der Waals surface area contributed by atoms with Crippen molar-refractivity contribution in [2.75, 3.05) is 12.4 Å². The van der Waals surface area contributed by atoms with Gasteiger partial charge in [-0.05, 0) is 42.0 Å². The monoisotopic (exact) mass is 409 g/mol. The lowest BCUT2D eigenvalue weighted by molar-refractivity contribution is 0.0976. The Labute approximate surface area is 162 Å². The molecular formula is C22H20BrNO2. The molecule has 0 saturated heterocycles. The van der Waals surface area contributed by atoms with Crippen LogP contribution in [-0.2, 0) is 0 Å². The van der Waals surface area contributed by atoms with E-state index in [0.29, 0.717) is 6.42 Å². The van der Waals surface area contributed by atoms with Gasteiger partial charge in [0.05, 0.1) is 13.2 Å². The first-order valence-electron chi connectivity index (χ1n) is 8.40. The number of nitrogens with one attached hydrogen (secondary N) is 1. The van der Waals surface area contributed by atoms with Gasteiger partial charge in [0, 0.05) is 22.1 Å². The van der Waals surface area contributed by atoms with Gasteiger partial charge in [-0.15, -0.1) is 0 Å². The van der Waals surface area contributed by atoms with Crippen LogP contribution < -0.4 is 10.1 Å². The van der Waals surface area contributed by atoms with Crippen LogP contribution in [0.25, 0.3) is 0 Å². The number of methoxy groups -OCH3 is 1. The van der Waals surface area contributed by atoms with Crippen molar-refractivity contribution in [1.82, 2.24) is 0 Å². The molecule has 3 aromatic carbocycles. The minimum atomic E-state index is -0.130. The Kier molecular flexibility index (Phi) is 6.08. The Balaban J connectivity index is 1.84. The molecule has 0 radical (unpaired) electrons. The van der Waals surface area contributed by atoms with Gasteiger partial charge in [-0.3, -0.25) is 4.79 Å². The number of carbonyl (C=O) groups excluding carboxylic acids is 1. The van der Waals surface area contributed by atoms with Crippen LogP contribution in [0.15, 0.2) is 83.3 Å². The van der Waals surface area contributed by atoms with Crippen molar-refractivity contribution < 1.29 is 9.53 Å². The van der Waals surface area contributed by atoms with Gasteiger partial charge in [0.15, 0.2) is 5.78 Å². The Morgan fingerprint density at radius 2 is 1.62 bits per heavy atom. The van der Waals surface area contributed by atoms with Crippen LogP contribution in [-0.4, -0.2) is 12.9 Å². The third-order valence-electron chi connectivity index (χ3n) is 4.19. The molecule has 0 heterocycles. The molecule has 0 spiro atoms. The summed E-state index contributed by atoms with van der Waals surface area (Å²) >= 11 is 3.45. The molecule has 0 amide bonds.